The third kappa shape index (κ3) is 3.38. The number of hydrogen-bond donors (Lipinski definition) is 1. The first kappa shape index (κ1) is 15.6. The summed E-state index contributed by atoms with van der Waals surface area (Å²) in [5, 5.41) is 11.4. The highest BCUT2D eigenvalue weighted by Crippen LogP contribution is 2.22. The number of nitrogens with one attached hydrogen (secondary N) is 1. The van der Waals surface area contributed by atoms with Gasteiger partial charge in [-0.05, 0) is 42.5 Å². The van der Waals surface area contributed by atoms with E-state index in [1.807, 2.05) is 30.3 Å². The molecule has 8 heteroatoms. The van der Waals surface area contributed by atoms with Crippen molar-refractivity contribution >= 4 is 34.4 Å². The van der Waals surface area contributed by atoms with Crippen molar-refractivity contribution in [3.05, 3.63) is 57.5 Å². The molecule has 0 amide bonds. The van der Waals surface area contributed by atoms with Crippen molar-refractivity contribution in [2.45, 2.75) is 0 Å². The third-order valence-corrected chi connectivity index (χ3v) is 3.83. The van der Waals surface area contributed by atoms with Crippen LogP contribution < -0.4 is 4.74 Å². The van der Waals surface area contributed by atoms with E-state index in [4.69, 9.17) is 17.0 Å². The van der Waals surface area contributed by atoms with Gasteiger partial charge in [0.25, 0.3) is 0 Å². The lowest BCUT2D eigenvalue weighted by Crippen LogP contribution is -1.97. The summed E-state index contributed by atoms with van der Waals surface area (Å²) in [6.07, 6.45) is 5.08. The number of halogens is 1. The Morgan fingerprint density at radius 3 is 3.00 bits per heavy atom. The van der Waals surface area contributed by atoms with Gasteiger partial charge in [0.05, 0.1) is 13.3 Å². The van der Waals surface area contributed by atoms with Crippen molar-refractivity contribution in [1.82, 2.24) is 19.9 Å². The first-order chi connectivity index (χ1) is 11.2. The van der Waals surface area contributed by atoms with Gasteiger partial charge in [0, 0.05) is 28.0 Å². The molecule has 0 bridgehead atoms. The first-order valence-electron chi connectivity index (χ1n) is 6.65. The average Bonchev–Trinajstić information content (AvgIpc) is 2.94. The van der Waals surface area contributed by atoms with Gasteiger partial charge < -0.3 is 4.74 Å². The second kappa shape index (κ2) is 6.84. The number of aromatic nitrogens is 4. The highest BCUT2D eigenvalue weighted by atomic mass is 79.9. The third-order valence-electron chi connectivity index (χ3n) is 3.07. The summed E-state index contributed by atoms with van der Waals surface area (Å²) in [5.41, 5.74) is 1.64. The summed E-state index contributed by atoms with van der Waals surface area (Å²) >= 11 is 8.68. The molecule has 0 aliphatic carbocycles. The van der Waals surface area contributed by atoms with Gasteiger partial charge in [-0.2, -0.15) is 14.9 Å². The molecular formula is C15H12BrN5OS. The van der Waals surface area contributed by atoms with Crippen molar-refractivity contribution in [3.8, 4) is 17.1 Å². The van der Waals surface area contributed by atoms with E-state index < -0.39 is 0 Å². The highest BCUT2D eigenvalue weighted by molar-refractivity contribution is 9.10. The fraction of sp³-hybridized carbons (Fsp3) is 0.0667. The Bertz CT molecular complexity index is 904. The van der Waals surface area contributed by atoms with Gasteiger partial charge >= 0.3 is 0 Å². The lowest BCUT2D eigenvalue weighted by molar-refractivity contribution is 0.414. The van der Waals surface area contributed by atoms with E-state index in [2.05, 4.69) is 36.2 Å². The maximum Gasteiger partial charge on any atom is 0.216 e. The molecule has 2 heterocycles. The molecule has 1 aromatic carbocycles. The molecule has 0 aliphatic rings. The van der Waals surface area contributed by atoms with Gasteiger partial charge in [-0.1, -0.05) is 15.9 Å². The SMILES string of the molecule is COc1ccc(Br)cc1C=Nn1c(-c2cccnc2)n[nH]c1=S. The van der Waals surface area contributed by atoms with Crippen LogP contribution in [0.2, 0.25) is 0 Å². The molecule has 23 heavy (non-hydrogen) atoms. The van der Waals surface area contributed by atoms with Crippen LogP contribution in [-0.2, 0) is 0 Å². The van der Waals surface area contributed by atoms with Crippen LogP contribution in [0.1, 0.15) is 5.56 Å². The number of hydrogen-bond acceptors (Lipinski definition) is 5. The van der Waals surface area contributed by atoms with Gasteiger partial charge in [-0.3, -0.25) is 4.98 Å². The Labute approximate surface area is 146 Å². The molecule has 3 aromatic rings. The summed E-state index contributed by atoms with van der Waals surface area (Å²) in [6.45, 7) is 0. The number of benzene rings is 1. The molecule has 1 N–H and O–H groups in total. The fourth-order valence-corrected chi connectivity index (χ4v) is 2.56. The van der Waals surface area contributed by atoms with E-state index in [9.17, 15) is 0 Å². The molecule has 6 nitrogen and oxygen atoms in total. The van der Waals surface area contributed by atoms with Crippen molar-refractivity contribution in [3.63, 3.8) is 0 Å². The number of rotatable bonds is 4. The largest absolute Gasteiger partial charge is 0.496 e. The Morgan fingerprint density at radius 1 is 1.39 bits per heavy atom. The number of nitrogens with zero attached hydrogens (tertiary/aromatic N) is 4. The van der Waals surface area contributed by atoms with E-state index in [1.165, 1.54) is 0 Å². The highest BCUT2D eigenvalue weighted by Gasteiger charge is 2.08. The zero-order valence-electron chi connectivity index (χ0n) is 12.1. The first-order valence-corrected chi connectivity index (χ1v) is 7.85. The monoisotopic (exact) mass is 389 g/mol. The lowest BCUT2D eigenvalue weighted by Gasteiger charge is -2.05. The summed E-state index contributed by atoms with van der Waals surface area (Å²) in [5.74, 6) is 1.31. The van der Waals surface area contributed by atoms with Crippen molar-refractivity contribution in [1.29, 1.82) is 0 Å². The molecule has 3 rings (SSSR count). The van der Waals surface area contributed by atoms with Crippen LogP contribution in [0.4, 0.5) is 0 Å². The number of aromatic amines is 1. The quantitative estimate of drug-likeness (QED) is 0.546. The van der Waals surface area contributed by atoms with Gasteiger partial charge in [0.15, 0.2) is 5.82 Å². The van der Waals surface area contributed by atoms with Crippen LogP contribution in [0.15, 0.2) is 52.3 Å². The zero-order valence-corrected chi connectivity index (χ0v) is 14.5. The van der Waals surface area contributed by atoms with E-state index in [0.717, 1.165) is 21.3 Å². The van der Waals surface area contributed by atoms with E-state index in [0.29, 0.717) is 10.6 Å². The van der Waals surface area contributed by atoms with Crippen molar-refractivity contribution in [2.24, 2.45) is 5.10 Å². The fourth-order valence-electron chi connectivity index (χ4n) is 2.01. The maximum atomic E-state index is 5.33. The molecule has 2 aromatic heterocycles. The molecule has 0 unspecified atom stereocenters. The topological polar surface area (TPSA) is 68.1 Å². The number of pyridine rings is 1. The molecule has 0 spiro atoms. The van der Waals surface area contributed by atoms with Gasteiger partial charge in [-0.15, -0.1) is 0 Å². The van der Waals surface area contributed by atoms with Crippen LogP contribution in [0.25, 0.3) is 11.4 Å². The summed E-state index contributed by atoms with van der Waals surface area (Å²) < 4.78 is 8.21. The van der Waals surface area contributed by atoms with E-state index >= 15 is 0 Å². The zero-order chi connectivity index (χ0) is 16.2. The summed E-state index contributed by atoms with van der Waals surface area (Å²) in [7, 11) is 1.62. The van der Waals surface area contributed by atoms with Crippen LogP contribution in [0.3, 0.4) is 0 Å². The Hall–Kier alpha value is -2.32. The van der Waals surface area contributed by atoms with E-state index in [1.54, 1.807) is 30.4 Å². The molecule has 0 radical (unpaired) electrons. The summed E-state index contributed by atoms with van der Waals surface area (Å²) in [4.78, 5) is 4.09. The Kier molecular flexibility index (Phi) is 4.63. The van der Waals surface area contributed by atoms with Gasteiger partial charge in [-0.25, -0.2) is 5.10 Å². The predicted molar refractivity (Wildman–Crippen MR) is 94.3 cm³/mol. The van der Waals surface area contributed by atoms with Crippen LogP contribution >= 0.6 is 28.1 Å². The lowest BCUT2D eigenvalue weighted by atomic mass is 10.2. The molecular weight excluding hydrogens is 378 g/mol. The summed E-state index contributed by atoms with van der Waals surface area (Å²) in [6, 6.07) is 9.40. The second-order valence-electron chi connectivity index (χ2n) is 4.54. The molecule has 0 aliphatic heterocycles. The smallest absolute Gasteiger partial charge is 0.216 e. The number of methoxy groups -OCH3 is 1. The molecule has 0 atom stereocenters. The second-order valence-corrected chi connectivity index (χ2v) is 5.84. The molecule has 0 fully saturated rings. The number of H-pyrrole nitrogens is 1. The van der Waals surface area contributed by atoms with E-state index in [-0.39, 0.29) is 0 Å². The van der Waals surface area contributed by atoms with Gasteiger partial charge in [0.2, 0.25) is 4.77 Å². The van der Waals surface area contributed by atoms with Crippen LogP contribution in [0.5, 0.6) is 5.75 Å². The molecule has 0 saturated heterocycles. The minimum Gasteiger partial charge on any atom is -0.496 e. The molecule has 116 valence electrons. The maximum absolute atomic E-state index is 5.33. The van der Waals surface area contributed by atoms with Crippen LogP contribution in [0, 0.1) is 4.77 Å². The predicted octanol–water partition coefficient (Wildman–Crippen LogP) is 3.66. The Morgan fingerprint density at radius 2 is 2.26 bits per heavy atom. The minimum atomic E-state index is 0.397. The standard InChI is InChI=1S/C15H12BrN5OS/c1-22-13-5-4-12(16)7-11(13)9-18-21-14(19-20-15(21)23)10-3-2-6-17-8-10/h2-9H,1H3,(H,20,23). The minimum absolute atomic E-state index is 0.397. The normalized spacial score (nSPS) is 11.0. The van der Waals surface area contributed by atoms with Crippen LogP contribution in [-0.4, -0.2) is 33.2 Å². The van der Waals surface area contributed by atoms with Gasteiger partial charge in [0.1, 0.15) is 5.75 Å². The average molecular weight is 390 g/mol. The van der Waals surface area contributed by atoms with Crippen molar-refractivity contribution < 1.29 is 4.74 Å². The molecule has 0 saturated carbocycles. The van der Waals surface area contributed by atoms with Crippen molar-refractivity contribution in [2.75, 3.05) is 7.11 Å². The Balaban J connectivity index is 2.03. The number of ether oxygens (including phenoxy) is 1.